The van der Waals surface area contributed by atoms with Gasteiger partial charge in [0, 0.05) is 11.6 Å². The summed E-state index contributed by atoms with van der Waals surface area (Å²) >= 11 is 0. The number of halogens is 1. The molecule has 1 aromatic carbocycles. The molecule has 2 aromatic rings. The Morgan fingerprint density at radius 3 is 2.41 bits per heavy atom. The molecule has 0 saturated heterocycles. The monoisotopic (exact) mass is 255 g/mol. The zero-order valence-corrected chi connectivity index (χ0v) is 9.87. The molecule has 0 spiro atoms. The molecule has 0 aliphatic heterocycles. The highest BCUT2D eigenvalue weighted by Gasteiger charge is 2.12. The smallest absolute Gasteiger partial charge is 0.332 e. The molecular formula is C11H10FNO3S. The van der Waals surface area contributed by atoms with Gasteiger partial charge in [-0.3, -0.25) is 0 Å². The van der Waals surface area contributed by atoms with Crippen LogP contribution in [-0.4, -0.2) is 13.6 Å². The van der Waals surface area contributed by atoms with Crippen LogP contribution in [0.1, 0.15) is 12.6 Å². The zero-order valence-electron chi connectivity index (χ0n) is 9.05. The van der Waals surface area contributed by atoms with Gasteiger partial charge in [0.05, 0.1) is 10.6 Å². The van der Waals surface area contributed by atoms with Crippen molar-refractivity contribution in [2.75, 3.05) is 0 Å². The Hall–Kier alpha value is -1.69. The van der Waals surface area contributed by atoms with Gasteiger partial charge in [-0.2, -0.15) is 8.42 Å². The van der Waals surface area contributed by atoms with E-state index in [9.17, 15) is 12.3 Å². The standard InChI is InChI=1S/C11H10FNO3S/c1-2-9-7-11(16-13-9)8-3-5-10(6-4-8)17(12,14)15/h3-7H,2H2,1H3. The van der Waals surface area contributed by atoms with Crippen molar-refractivity contribution in [3.05, 3.63) is 36.0 Å². The molecule has 0 saturated carbocycles. The van der Waals surface area contributed by atoms with Crippen LogP contribution in [0, 0.1) is 0 Å². The van der Waals surface area contributed by atoms with Gasteiger partial charge in [-0.25, -0.2) is 0 Å². The summed E-state index contributed by atoms with van der Waals surface area (Å²) in [7, 11) is -4.65. The molecular weight excluding hydrogens is 245 g/mol. The number of hydrogen-bond acceptors (Lipinski definition) is 4. The third kappa shape index (κ3) is 2.52. The van der Waals surface area contributed by atoms with Gasteiger partial charge in [-0.05, 0) is 30.7 Å². The van der Waals surface area contributed by atoms with Crippen LogP contribution in [-0.2, 0) is 16.6 Å². The lowest BCUT2D eigenvalue weighted by molar-refractivity contribution is 0.424. The van der Waals surface area contributed by atoms with Crippen LogP contribution in [0.15, 0.2) is 39.8 Å². The van der Waals surface area contributed by atoms with E-state index >= 15 is 0 Å². The molecule has 0 bridgehead atoms. The third-order valence-electron chi connectivity index (χ3n) is 2.34. The molecule has 0 radical (unpaired) electrons. The summed E-state index contributed by atoms with van der Waals surface area (Å²) in [5.74, 6) is 0.532. The average Bonchev–Trinajstić information content (AvgIpc) is 2.76. The molecule has 4 nitrogen and oxygen atoms in total. The Morgan fingerprint density at radius 2 is 1.94 bits per heavy atom. The molecule has 0 N–H and O–H groups in total. The minimum absolute atomic E-state index is 0.364. The maximum Gasteiger partial charge on any atom is 0.332 e. The number of hydrogen-bond donors (Lipinski definition) is 0. The lowest BCUT2D eigenvalue weighted by Gasteiger charge is -1.97. The molecule has 0 aliphatic rings. The highest BCUT2D eigenvalue weighted by atomic mass is 32.3. The second-order valence-corrected chi connectivity index (χ2v) is 4.85. The molecule has 0 amide bonds. The van der Waals surface area contributed by atoms with Gasteiger partial charge in [0.25, 0.3) is 0 Å². The van der Waals surface area contributed by atoms with E-state index in [0.717, 1.165) is 12.1 Å². The second kappa shape index (κ2) is 4.29. The quantitative estimate of drug-likeness (QED) is 0.791. The van der Waals surface area contributed by atoms with Crippen molar-refractivity contribution >= 4 is 10.2 Å². The van der Waals surface area contributed by atoms with Crippen LogP contribution < -0.4 is 0 Å². The van der Waals surface area contributed by atoms with Crippen LogP contribution in [0.3, 0.4) is 0 Å². The Kier molecular flexibility index (Phi) is 2.97. The highest BCUT2D eigenvalue weighted by Crippen LogP contribution is 2.22. The van der Waals surface area contributed by atoms with E-state index < -0.39 is 10.2 Å². The molecule has 17 heavy (non-hydrogen) atoms. The largest absolute Gasteiger partial charge is 0.356 e. The predicted molar refractivity (Wildman–Crippen MR) is 59.6 cm³/mol. The molecule has 0 aliphatic carbocycles. The fraction of sp³-hybridized carbons (Fsp3) is 0.182. The van der Waals surface area contributed by atoms with Gasteiger partial charge < -0.3 is 4.52 Å². The van der Waals surface area contributed by atoms with E-state index in [1.807, 2.05) is 6.92 Å². The summed E-state index contributed by atoms with van der Waals surface area (Å²) in [6, 6.07) is 7.11. The Balaban J connectivity index is 2.35. The van der Waals surface area contributed by atoms with E-state index in [-0.39, 0.29) is 4.90 Å². The van der Waals surface area contributed by atoms with Crippen LogP contribution >= 0.6 is 0 Å². The lowest BCUT2D eigenvalue weighted by Crippen LogP contribution is -1.90. The van der Waals surface area contributed by atoms with E-state index in [4.69, 9.17) is 4.52 Å². The van der Waals surface area contributed by atoms with Gasteiger partial charge >= 0.3 is 10.2 Å². The van der Waals surface area contributed by atoms with Gasteiger partial charge in [0.15, 0.2) is 5.76 Å². The molecule has 90 valence electrons. The topological polar surface area (TPSA) is 60.2 Å². The number of aryl methyl sites for hydroxylation is 1. The first-order chi connectivity index (χ1) is 8.00. The van der Waals surface area contributed by atoms with Crippen LogP contribution in [0.2, 0.25) is 0 Å². The summed E-state index contributed by atoms with van der Waals surface area (Å²) in [4.78, 5) is -0.364. The summed E-state index contributed by atoms with van der Waals surface area (Å²) in [6.07, 6.45) is 0.750. The first-order valence-electron chi connectivity index (χ1n) is 5.01. The van der Waals surface area contributed by atoms with E-state index in [1.54, 1.807) is 6.07 Å². The van der Waals surface area contributed by atoms with Crippen molar-refractivity contribution < 1.29 is 16.8 Å². The van der Waals surface area contributed by atoms with Gasteiger partial charge in [-0.1, -0.05) is 12.1 Å². The second-order valence-electron chi connectivity index (χ2n) is 3.50. The van der Waals surface area contributed by atoms with Crippen LogP contribution in [0.4, 0.5) is 3.89 Å². The normalized spacial score (nSPS) is 11.6. The molecule has 1 aromatic heterocycles. The predicted octanol–water partition coefficient (Wildman–Crippen LogP) is 2.56. The molecule has 1 heterocycles. The van der Waals surface area contributed by atoms with Crippen molar-refractivity contribution in [3.63, 3.8) is 0 Å². The van der Waals surface area contributed by atoms with Crippen molar-refractivity contribution in [3.8, 4) is 11.3 Å². The van der Waals surface area contributed by atoms with Crippen molar-refractivity contribution in [2.45, 2.75) is 18.2 Å². The lowest BCUT2D eigenvalue weighted by atomic mass is 10.1. The number of aromatic nitrogens is 1. The fourth-order valence-corrected chi connectivity index (χ4v) is 1.86. The molecule has 6 heteroatoms. The maximum absolute atomic E-state index is 12.7. The van der Waals surface area contributed by atoms with Crippen molar-refractivity contribution in [1.82, 2.24) is 5.16 Å². The first kappa shape index (κ1) is 11.8. The summed E-state index contributed by atoms with van der Waals surface area (Å²) in [6.45, 7) is 1.94. The minimum atomic E-state index is -4.65. The summed E-state index contributed by atoms with van der Waals surface area (Å²) in [5.41, 5.74) is 1.46. The average molecular weight is 255 g/mol. The zero-order chi connectivity index (χ0) is 12.5. The van der Waals surface area contributed by atoms with E-state index in [2.05, 4.69) is 5.16 Å². The summed E-state index contributed by atoms with van der Waals surface area (Å²) < 4.78 is 39.0. The fourth-order valence-electron chi connectivity index (χ4n) is 1.40. The van der Waals surface area contributed by atoms with Gasteiger partial charge in [0.1, 0.15) is 0 Å². The number of rotatable bonds is 3. The SMILES string of the molecule is CCc1cc(-c2ccc(S(=O)(=O)F)cc2)on1. The highest BCUT2D eigenvalue weighted by molar-refractivity contribution is 7.86. The maximum atomic E-state index is 12.7. The third-order valence-corrected chi connectivity index (χ3v) is 3.18. The van der Waals surface area contributed by atoms with Gasteiger partial charge in [0.2, 0.25) is 0 Å². The Bertz CT molecular complexity index is 616. The van der Waals surface area contributed by atoms with E-state index in [1.165, 1.54) is 24.3 Å². The Morgan fingerprint density at radius 1 is 1.29 bits per heavy atom. The number of benzene rings is 1. The molecule has 0 atom stereocenters. The molecule has 0 fully saturated rings. The van der Waals surface area contributed by atoms with Crippen LogP contribution in [0.5, 0.6) is 0 Å². The molecule has 2 rings (SSSR count). The van der Waals surface area contributed by atoms with Gasteiger partial charge in [-0.15, -0.1) is 3.89 Å². The minimum Gasteiger partial charge on any atom is -0.356 e. The van der Waals surface area contributed by atoms with E-state index in [0.29, 0.717) is 11.3 Å². The van der Waals surface area contributed by atoms with Crippen LogP contribution in [0.25, 0.3) is 11.3 Å². The van der Waals surface area contributed by atoms with Crippen molar-refractivity contribution in [2.24, 2.45) is 0 Å². The summed E-state index contributed by atoms with van der Waals surface area (Å²) in [5, 5.41) is 3.81. The first-order valence-corrected chi connectivity index (χ1v) is 6.39. The Labute approximate surface area is 98.3 Å². The van der Waals surface area contributed by atoms with Crippen molar-refractivity contribution in [1.29, 1.82) is 0 Å². The number of nitrogens with zero attached hydrogens (tertiary/aromatic N) is 1. The molecule has 0 unspecified atom stereocenters.